The summed E-state index contributed by atoms with van der Waals surface area (Å²) in [4.78, 5) is 31.9. The zero-order valence-corrected chi connectivity index (χ0v) is 19.8. The number of amides is 2. The fourth-order valence-electron chi connectivity index (χ4n) is 4.20. The highest BCUT2D eigenvalue weighted by molar-refractivity contribution is 6.36. The number of nitrogens with zero attached hydrogens (tertiary/aromatic N) is 2. The van der Waals surface area contributed by atoms with Crippen molar-refractivity contribution in [3.8, 4) is 0 Å². The molecule has 3 aromatic rings. The average Bonchev–Trinajstić information content (AvgIpc) is 2.99. The maximum atomic E-state index is 13.2. The van der Waals surface area contributed by atoms with Gasteiger partial charge in [0.25, 0.3) is 0 Å². The lowest BCUT2D eigenvalue weighted by Crippen LogP contribution is -2.27. The summed E-state index contributed by atoms with van der Waals surface area (Å²) in [6.45, 7) is 0. The molecule has 0 saturated heterocycles. The molecule has 0 fully saturated rings. The van der Waals surface area contributed by atoms with Crippen LogP contribution in [0.3, 0.4) is 0 Å². The first-order chi connectivity index (χ1) is 15.8. The zero-order valence-electron chi connectivity index (χ0n) is 17.5. The molecule has 0 saturated carbocycles. The van der Waals surface area contributed by atoms with Gasteiger partial charge in [-0.3, -0.25) is 14.6 Å². The number of anilines is 2. The van der Waals surface area contributed by atoms with E-state index in [2.05, 4.69) is 5.32 Å². The van der Waals surface area contributed by atoms with Gasteiger partial charge < -0.3 is 10.2 Å². The molecule has 1 atom stereocenters. The number of hydrogen-bond acceptors (Lipinski definition) is 3. The molecule has 3 aromatic carbocycles. The summed E-state index contributed by atoms with van der Waals surface area (Å²) in [5.41, 5.74) is 5.15. The highest BCUT2D eigenvalue weighted by Crippen LogP contribution is 2.34. The quantitative estimate of drug-likeness (QED) is 0.513. The van der Waals surface area contributed by atoms with Crippen molar-refractivity contribution < 1.29 is 9.59 Å². The number of carbonyl (C=O) groups excluding carboxylic acids is 2. The van der Waals surface area contributed by atoms with Gasteiger partial charge in [0.2, 0.25) is 11.8 Å². The Morgan fingerprint density at radius 2 is 1.79 bits per heavy atom. The Morgan fingerprint density at radius 3 is 2.55 bits per heavy atom. The molecule has 33 heavy (non-hydrogen) atoms. The predicted octanol–water partition coefficient (Wildman–Crippen LogP) is 5.57. The first-order valence-corrected chi connectivity index (χ1v) is 11.5. The predicted molar refractivity (Wildman–Crippen MR) is 133 cm³/mol. The van der Waals surface area contributed by atoms with Crippen LogP contribution in [-0.2, 0) is 22.4 Å². The lowest BCUT2D eigenvalue weighted by atomic mass is 9.98. The average molecular weight is 499 g/mol. The normalized spacial score (nSPS) is 17.3. The summed E-state index contributed by atoms with van der Waals surface area (Å²) in [5, 5.41) is 4.45. The Balaban J connectivity index is 1.66. The van der Waals surface area contributed by atoms with Gasteiger partial charge in [0.1, 0.15) is 6.04 Å². The van der Waals surface area contributed by atoms with Gasteiger partial charge in [0, 0.05) is 45.4 Å². The Kier molecular flexibility index (Phi) is 5.65. The fraction of sp³-hybridized carbons (Fsp3) is 0.160. The van der Waals surface area contributed by atoms with Crippen molar-refractivity contribution in [3.63, 3.8) is 0 Å². The third-order valence-electron chi connectivity index (χ3n) is 5.98. The van der Waals surface area contributed by atoms with Crippen molar-refractivity contribution in [1.29, 1.82) is 0 Å². The number of hydrogen-bond donors (Lipinski definition) is 1. The second-order valence-electron chi connectivity index (χ2n) is 8.05. The third kappa shape index (κ3) is 4.01. The van der Waals surface area contributed by atoms with Crippen molar-refractivity contribution >= 4 is 63.7 Å². The molecule has 2 aliphatic rings. The van der Waals surface area contributed by atoms with Gasteiger partial charge in [-0.05, 0) is 47.5 Å². The number of nitrogens with one attached hydrogen (secondary N) is 1. The Morgan fingerprint density at radius 1 is 1.03 bits per heavy atom. The number of carbonyl (C=O) groups is 2. The monoisotopic (exact) mass is 497 g/mol. The smallest absolute Gasteiger partial charge is 0.249 e. The van der Waals surface area contributed by atoms with Gasteiger partial charge in [-0.15, -0.1) is 0 Å². The van der Waals surface area contributed by atoms with Crippen LogP contribution in [0.2, 0.25) is 15.1 Å². The number of aliphatic imine (C=N–C) groups is 1. The molecule has 166 valence electrons. The van der Waals surface area contributed by atoms with E-state index in [-0.39, 0.29) is 18.2 Å². The standard InChI is InChI=1S/C25H18Cl3N3O2/c1-31-22-9-14(6-5-13(22)10-23(31)32)24-17-11-15(26)7-8-20(17)30-25(33)21(29-24)12-16-18(27)3-2-4-19(16)28/h2-9,11,21H,10,12H2,1H3,(H,30,33). The summed E-state index contributed by atoms with van der Waals surface area (Å²) in [5.74, 6) is -0.227. The van der Waals surface area contributed by atoms with E-state index in [0.29, 0.717) is 44.0 Å². The second-order valence-corrected chi connectivity index (χ2v) is 9.30. The van der Waals surface area contributed by atoms with Gasteiger partial charge in [0.05, 0.1) is 17.8 Å². The fourth-order valence-corrected chi connectivity index (χ4v) is 4.92. The van der Waals surface area contributed by atoms with Crippen molar-refractivity contribution in [1.82, 2.24) is 0 Å². The molecule has 0 aliphatic carbocycles. The molecule has 0 radical (unpaired) electrons. The minimum Gasteiger partial charge on any atom is -0.324 e. The highest BCUT2D eigenvalue weighted by Gasteiger charge is 2.29. The first-order valence-electron chi connectivity index (χ1n) is 10.3. The number of likely N-dealkylation sites (N-methyl/N-ethyl adjacent to an activating group) is 1. The number of benzodiazepines with no additional fused rings is 1. The molecule has 1 N–H and O–H groups in total. The molecule has 5 nitrogen and oxygen atoms in total. The molecule has 8 heteroatoms. The van der Waals surface area contributed by atoms with Gasteiger partial charge >= 0.3 is 0 Å². The van der Waals surface area contributed by atoms with Crippen LogP contribution < -0.4 is 10.2 Å². The maximum absolute atomic E-state index is 13.2. The minimum atomic E-state index is -0.767. The summed E-state index contributed by atoms with van der Waals surface area (Å²) in [6.07, 6.45) is 0.605. The van der Waals surface area contributed by atoms with Crippen molar-refractivity contribution in [3.05, 3.63) is 91.9 Å². The van der Waals surface area contributed by atoms with Crippen LogP contribution in [0.15, 0.2) is 59.6 Å². The lowest BCUT2D eigenvalue weighted by molar-refractivity contribution is -0.118. The van der Waals surface area contributed by atoms with E-state index in [1.165, 1.54) is 0 Å². The van der Waals surface area contributed by atoms with E-state index in [0.717, 1.165) is 16.8 Å². The molecule has 1 unspecified atom stereocenters. The van der Waals surface area contributed by atoms with Crippen molar-refractivity contribution in [2.24, 2.45) is 4.99 Å². The SMILES string of the molecule is CN1C(=O)Cc2ccc(C3=NC(Cc4c(Cl)cccc4Cl)C(=O)Nc4ccc(Cl)cc43)cc21. The van der Waals surface area contributed by atoms with Crippen LogP contribution >= 0.6 is 34.8 Å². The first kappa shape index (κ1) is 22.0. The topological polar surface area (TPSA) is 61.8 Å². The van der Waals surface area contributed by atoms with Crippen LogP contribution in [0.25, 0.3) is 0 Å². The third-order valence-corrected chi connectivity index (χ3v) is 6.92. The molecule has 0 aromatic heterocycles. The second kappa shape index (κ2) is 8.49. The van der Waals surface area contributed by atoms with E-state index in [9.17, 15) is 9.59 Å². The number of fused-ring (bicyclic) bond motifs is 2. The molecule has 2 aliphatic heterocycles. The Hall–Kier alpha value is -2.86. The summed E-state index contributed by atoms with van der Waals surface area (Å²) >= 11 is 19.1. The molecule has 2 heterocycles. The van der Waals surface area contributed by atoms with E-state index in [4.69, 9.17) is 39.8 Å². The number of halogens is 3. The molecule has 5 rings (SSSR count). The molecular formula is C25H18Cl3N3O2. The van der Waals surface area contributed by atoms with Crippen LogP contribution in [-0.4, -0.2) is 30.6 Å². The van der Waals surface area contributed by atoms with E-state index >= 15 is 0 Å². The Bertz CT molecular complexity index is 1330. The summed E-state index contributed by atoms with van der Waals surface area (Å²) in [7, 11) is 1.75. The van der Waals surface area contributed by atoms with Gasteiger partial charge in [-0.25, -0.2) is 0 Å². The van der Waals surface area contributed by atoms with E-state index < -0.39 is 6.04 Å². The van der Waals surface area contributed by atoms with Crippen LogP contribution in [0, 0.1) is 0 Å². The summed E-state index contributed by atoms with van der Waals surface area (Å²) < 4.78 is 0. The molecular weight excluding hydrogens is 481 g/mol. The Labute approximate surface area is 206 Å². The summed E-state index contributed by atoms with van der Waals surface area (Å²) in [6, 6.07) is 15.5. The van der Waals surface area contributed by atoms with Gasteiger partial charge in [-0.1, -0.05) is 53.0 Å². The number of rotatable bonds is 3. The van der Waals surface area contributed by atoms with Crippen LogP contribution in [0.1, 0.15) is 22.3 Å². The van der Waals surface area contributed by atoms with E-state index in [1.54, 1.807) is 48.3 Å². The highest BCUT2D eigenvalue weighted by atomic mass is 35.5. The van der Waals surface area contributed by atoms with Crippen molar-refractivity contribution in [2.75, 3.05) is 17.3 Å². The maximum Gasteiger partial charge on any atom is 0.249 e. The van der Waals surface area contributed by atoms with E-state index in [1.807, 2.05) is 18.2 Å². The molecule has 0 spiro atoms. The lowest BCUT2D eigenvalue weighted by Gasteiger charge is -2.15. The van der Waals surface area contributed by atoms with Gasteiger partial charge in [-0.2, -0.15) is 0 Å². The zero-order chi connectivity index (χ0) is 23.3. The van der Waals surface area contributed by atoms with Crippen molar-refractivity contribution in [2.45, 2.75) is 18.9 Å². The van der Waals surface area contributed by atoms with Crippen LogP contribution in [0.4, 0.5) is 11.4 Å². The molecule has 2 amide bonds. The minimum absolute atomic E-state index is 0.0384. The molecule has 0 bridgehead atoms. The largest absolute Gasteiger partial charge is 0.324 e. The van der Waals surface area contributed by atoms with Gasteiger partial charge in [0.15, 0.2) is 0 Å². The number of benzene rings is 3. The van der Waals surface area contributed by atoms with Crippen LogP contribution in [0.5, 0.6) is 0 Å².